The topological polar surface area (TPSA) is 81.1 Å². The van der Waals surface area contributed by atoms with Gasteiger partial charge in [0.1, 0.15) is 6.54 Å². The molecule has 0 unspecified atom stereocenters. The Morgan fingerprint density at radius 3 is 2.32 bits per heavy atom. The standard InChI is InChI=1S/C13H24N2O4/c1-2-7-14(8-9-16)13(19)15(10-12(17)18)11-5-3-4-6-11/h11,16H,2-10H2,1H3,(H,17,18). The van der Waals surface area contributed by atoms with E-state index in [1.165, 1.54) is 4.90 Å². The van der Waals surface area contributed by atoms with E-state index in [4.69, 9.17) is 10.2 Å². The van der Waals surface area contributed by atoms with Crippen molar-refractivity contribution >= 4 is 12.0 Å². The number of amides is 2. The van der Waals surface area contributed by atoms with E-state index in [1.807, 2.05) is 6.92 Å². The van der Waals surface area contributed by atoms with Gasteiger partial charge in [-0.3, -0.25) is 4.79 Å². The van der Waals surface area contributed by atoms with Gasteiger partial charge < -0.3 is 20.0 Å². The number of nitrogens with zero attached hydrogens (tertiary/aromatic N) is 2. The molecule has 0 aromatic carbocycles. The number of carbonyl (C=O) groups is 2. The van der Waals surface area contributed by atoms with Gasteiger partial charge in [0.25, 0.3) is 0 Å². The van der Waals surface area contributed by atoms with Crippen molar-refractivity contribution in [2.75, 3.05) is 26.2 Å². The summed E-state index contributed by atoms with van der Waals surface area (Å²) in [7, 11) is 0. The Balaban J connectivity index is 2.75. The van der Waals surface area contributed by atoms with E-state index in [0.29, 0.717) is 6.54 Å². The van der Waals surface area contributed by atoms with Crippen molar-refractivity contribution in [3.63, 3.8) is 0 Å². The van der Waals surface area contributed by atoms with Crippen LogP contribution in [0.5, 0.6) is 0 Å². The molecule has 0 atom stereocenters. The first-order chi connectivity index (χ1) is 9.10. The molecule has 1 aliphatic rings. The third kappa shape index (κ3) is 4.70. The van der Waals surface area contributed by atoms with Gasteiger partial charge in [0.2, 0.25) is 0 Å². The van der Waals surface area contributed by atoms with Crippen molar-refractivity contribution in [1.29, 1.82) is 0 Å². The number of hydrogen-bond donors (Lipinski definition) is 2. The fourth-order valence-electron chi connectivity index (χ4n) is 2.59. The van der Waals surface area contributed by atoms with Crippen LogP contribution in [-0.4, -0.2) is 64.3 Å². The number of urea groups is 1. The maximum absolute atomic E-state index is 12.4. The van der Waals surface area contributed by atoms with Crippen molar-refractivity contribution in [2.24, 2.45) is 0 Å². The van der Waals surface area contributed by atoms with Gasteiger partial charge >= 0.3 is 12.0 Å². The molecule has 0 aromatic rings. The second-order valence-corrected chi connectivity index (χ2v) is 4.95. The first-order valence-corrected chi connectivity index (χ1v) is 6.98. The average Bonchev–Trinajstić information content (AvgIpc) is 2.88. The molecule has 0 radical (unpaired) electrons. The average molecular weight is 272 g/mol. The molecule has 0 aliphatic heterocycles. The molecule has 19 heavy (non-hydrogen) atoms. The van der Waals surface area contributed by atoms with Crippen molar-refractivity contribution in [3.8, 4) is 0 Å². The van der Waals surface area contributed by atoms with Crippen LogP contribution in [0.15, 0.2) is 0 Å². The molecule has 1 rings (SSSR count). The smallest absolute Gasteiger partial charge is 0.323 e. The van der Waals surface area contributed by atoms with Gasteiger partial charge in [-0.2, -0.15) is 0 Å². The molecule has 1 fully saturated rings. The summed E-state index contributed by atoms with van der Waals surface area (Å²) < 4.78 is 0. The summed E-state index contributed by atoms with van der Waals surface area (Å²) in [5, 5.41) is 18.0. The summed E-state index contributed by atoms with van der Waals surface area (Å²) in [5.74, 6) is -0.985. The molecule has 0 heterocycles. The summed E-state index contributed by atoms with van der Waals surface area (Å²) in [4.78, 5) is 26.4. The molecular weight excluding hydrogens is 248 g/mol. The molecule has 0 bridgehead atoms. The van der Waals surface area contributed by atoms with E-state index in [1.54, 1.807) is 4.90 Å². The van der Waals surface area contributed by atoms with Crippen LogP contribution in [-0.2, 0) is 4.79 Å². The number of aliphatic carboxylic acids is 1. The Hall–Kier alpha value is -1.30. The van der Waals surface area contributed by atoms with E-state index < -0.39 is 5.97 Å². The van der Waals surface area contributed by atoms with Crippen LogP contribution >= 0.6 is 0 Å². The number of carboxylic acids is 1. The maximum Gasteiger partial charge on any atom is 0.323 e. The van der Waals surface area contributed by atoms with Gasteiger partial charge in [-0.25, -0.2) is 4.79 Å². The van der Waals surface area contributed by atoms with Crippen LogP contribution in [0.4, 0.5) is 4.79 Å². The molecule has 2 N–H and O–H groups in total. The normalized spacial score (nSPS) is 15.5. The molecular formula is C13H24N2O4. The lowest BCUT2D eigenvalue weighted by Gasteiger charge is -2.33. The fourth-order valence-corrected chi connectivity index (χ4v) is 2.59. The van der Waals surface area contributed by atoms with Gasteiger partial charge in [0, 0.05) is 19.1 Å². The van der Waals surface area contributed by atoms with Gasteiger partial charge in [-0.1, -0.05) is 19.8 Å². The van der Waals surface area contributed by atoms with E-state index in [-0.39, 0.29) is 31.8 Å². The highest BCUT2D eigenvalue weighted by Crippen LogP contribution is 2.24. The van der Waals surface area contributed by atoms with Gasteiger partial charge in [0.15, 0.2) is 0 Å². The highest BCUT2D eigenvalue weighted by atomic mass is 16.4. The van der Waals surface area contributed by atoms with E-state index in [2.05, 4.69) is 0 Å². The summed E-state index contributed by atoms with van der Waals surface area (Å²) >= 11 is 0. The number of rotatable bonds is 7. The molecule has 1 saturated carbocycles. The van der Waals surface area contributed by atoms with Crippen molar-refractivity contribution in [3.05, 3.63) is 0 Å². The first-order valence-electron chi connectivity index (χ1n) is 6.98. The third-order valence-corrected chi connectivity index (χ3v) is 3.45. The highest BCUT2D eigenvalue weighted by molar-refractivity contribution is 5.80. The van der Waals surface area contributed by atoms with Crippen LogP contribution in [0.1, 0.15) is 39.0 Å². The van der Waals surface area contributed by atoms with Crippen LogP contribution in [0.2, 0.25) is 0 Å². The van der Waals surface area contributed by atoms with Gasteiger partial charge in [0.05, 0.1) is 6.61 Å². The minimum Gasteiger partial charge on any atom is -0.480 e. The predicted octanol–water partition coefficient (Wildman–Crippen LogP) is 1.14. The number of hydrogen-bond acceptors (Lipinski definition) is 3. The zero-order chi connectivity index (χ0) is 14.3. The molecule has 0 saturated heterocycles. The molecule has 0 spiro atoms. The predicted molar refractivity (Wildman–Crippen MR) is 70.9 cm³/mol. The summed E-state index contributed by atoms with van der Waals surface area (Å²) in [6, 6.07) is -0.230. The van der Waals surface area contributed by atoms with Gasteiger partial charge in [-0.15, -0.1) is 0 Å². The number of carboxylic acid groups (broad SMARTS) is 1. The Morgan fingerprint density at radius 1 is 1.21 bits per heavy atom. The fraction of sp³-hybridized carbons (Fsp3) is 0.846. The zero-order valence-corrected chi connectivity index (χ0v) is 11.5. The van der Waals surface area contributed by atoms with Gasteiger partial charge in [-0.05, 0) is 19.3 Å². The number of aliphatic hydroxyl groups excluding tert-OH is 1. The second kappa shape index (κ2) is 7.99. The Kier molecular flexibility index (Phi) is 6.62. The monoisotopic (exact) mass is 272 g/mol. The largest absolute Gasteiger partial charge is 0.480 e. The zero-order valence-electron chi connectivity index (χ0n) is 11.5. The van der Waals surface area contributed by atoms with E-state index in [0.717, 1.165) is 32.1 Å². The minimum atomic E-state index is -0.985. The Bertz CT molecular complexity index is 297. The molecule has 6 heteroatoms. The quantitative estimate of drug-likeness (QED) is 0.728. The number of aliphatic hydroxyl groups is 1. The highest BCUT2D eigenvalue weighted by Gasteiger charge is 2.30. The molecule has 0 aromatic heterocycles. The molecule has 1 aliphatic carbocycles. The lowest BCUT2D eigenvalue weighted by Crippen LogP contribution is -2.50. The SMILES string of the molecule is CCCN(CCO)C(=O)N(CC(=O)O)C1CCCC1. The second-order valence-electron chi connectivity index (χ2n) is 4.95. The van der Waals surface area contributed by atoms with Crippen LogP contribution in [0, 0.1) is 0 Å². The van der Waals surface area contributed by atoms with Crippen molar-refractivity contribution in [1.82, 2.24) is 9.80 Å². The summed E-state index contributed by atoms with van der Waals surface area (Å²) in [5.41, 5.74) is 0. The summed E-state index contributed by atoms with van der Waals surface area (Å²) in [6.45, 7) is 2.40. The molecule has 2 amide bonds. The Morgan fingerprint density at radius 2 is 1.84 bits per heavy atom. The van der Waals surface area contributed by atoms with Crippen molar-refractivity contribution in [2.45, 2.75) is 45.1 Å². The maximum atomic E-state index is 12.4. The molecule has 6 nitrogen and oxygen atoms in total. The van der Waals surface area contributed by atoms with Crippen LogP contribution in [0.3, 0.4) is 0 Å². The molecule has 110 valence electrons. The van der Waals surface area contributed by atoms with Crippen molar-refractivity contribution < 1.29 is 19.8 Å². The lowest BCUT2D eigenvalue weighted by molar-refractivity contribution is -0.138. The van der Waals surface area contributed by atoms with E-state index in [9.17, 15) is 9.59 Å². The van der Waals surface area contributed by atoms with Crippen LogP contribution < -0.4 is 0 Å². The lowest BCUT2D eigenvalue weighted by atomic mass is 10.2. The van der Waals surface area contributed by atoms with E-state index >= 15 is 0 Å². The summed E-state index contributed by atoms with van der Waals surface area (Å²) in [6.07, 6.45) is 4.62. The third-order valence-electron chi connectivity index (χ3n) is 3.45. The first kappa shape index (κ1) is 15.8. The number of carbonyl (C=O) groups excluding carboxylic acids is 1. The minimum absolute atomic E-state index is 0.0293. The Labute approximate surface area is 114 Å². The van der Waals surface area contributed by atoms with Crippen LogP contribution in [0.25, 0.3) is 0 Å².